The number of nitrogens with zero attached hydrogens (tertiary/aromatic N) is 2. The number of carboxylic acid groups (broad SMARTS) is 1. The van der Waals surface area contributed by atoms with Crippen LogP contribution in [0, 0.1) is 0 Å². The molecular formula is C10H22N2O7. The molecule has 0 aliphatic rings. The maximum absolute atomic E-state index is 10.5. The van der Waals surface area contributed by atoms with Gasteiger partial charge < -0.3 is 10.2 Å². The standard InChI is InChI=1S/C10H22N2O7/c1-11(8-10(14)15)6-9(13)7-12(2-4-18-16)3-5-19-17/h9,13,16-17H,2-8H2,1H3,(H,14,15). The largest absolute Gasteiger partial charge is 0.480 e. The van der Waals surface area contributed by atoms with Crippen LogP contribution in [0.5, 0.6) is 0 Å². The SMILES string of the molecule is CN(CC(=O)O)CC(O)CN(CCOO)CCOO. The van der Waals surface area contributed by atoms with Crippen molar-refractivity contribution in [3.8, 4) is 0 Å². The maximum atomic E-state index is 10.5. The molecule has 0 fully saturated rings. The van der Waals surface area contributed by atoms with Crippen LogP contribution in [0.15, 0.2) is 0 Å². The fourth-order valence-corrected chi connectivity index (χ4v) is 1.65. The van der Waals surface area contributed by atoms with E-state index in [4.69, 9.17) is 15.6 Å². The normalized spacial score (nSPS) is 13.2. The molecule has 1 atom stereocenters. The summed E-state index contributed by atoms with van der Waals surface area (Å²) < 4.78 is 0. The molecule has 0 spiro atoms. The summed E-state index contributed by atoms with van der Waals surface area (Å²) in [7, 11) is 1.59. The Balaban J connectivity index is 4.05. The molecule has 0 aromatic heterocycles. The van der Waals surface area contributed by atoms with Crippen LogP contribution in [-0.2, 0) is 14.6 Å². The molecule has 1 unspecified atom stereocenters. The van der Waals surface area contributed by atoms with Crippen LogP contribution in [0.3, 0.4) is 0 Å². The highest BCUT2D eigenvalue weighted by molar-refractivity contribution is 5.68. The van der Waals surface area contributed by atoms with Gasteiger partial charge in [-0.05, 0) is 7.05 Å². The minimum atomic E-state index is -0.964. The minimum absolute atomic E-state index is 0.0586. The first-order valence-electron chi connectivity index (χ1n) is 5.83. The number of hydrogen-bond acceptors (Lipinski definition) is 8. The molecule has 0 aliphatic heterocycles. The third-order valence-corrected chi connectivity index (χ3v) is 2.39. The lowest BCUT2D eigenvalue weighted by molar-refractivity contribution is -0.252. The first-order chi connectivity index (χ1) is 8.99. The third-order valence-electron chi connectivity index (χ3n) is 2.39. The van der Waals surface area contributed by atoms with E-state index in [1.165, 1.54) is 4.90 Å². The summed E-state index contributed by atoms with van der Waals surface area (Å²) >= 11 is 0. The first-order valence-corrected chi connectivity index (χ1v) is 5.83. The van der Waals surface area contributed by atoms with Crippen molar-refractivity contribution in [1.29, 1.82) is 0 Å². The molecule has 0 saturated carbocycles. The average Bonchev–Trinajstić information content (AvgIpc) is 2.31. The summed E-state index contributed by atoms with van der Waals surface area (Å²) in [5.41, 5.74) is 0. The molecule has 0 radical (unpaired) electrons. The van der Waals surface area contributed by atoms with Crippen LogP contribution in [0.4, 0.5) is 0 Å². The lowest BCUT2D eigenvalue weighted by atomic mass is 10.3. The number of hydrogen-bond donors (Lipinski definition) is 4. The van der Waals surface area contributed by atoms with Gasteiger partial charge in [-0.25, -0.2) is 9.78 Å². The third kappa shape index (κ3) is 10.8. The van der Waals surface area contributed by atoms with Crippen molar-refractivity contribution in [1.82, 2.24) is 9.80 Å². The van der Waals surface area contributed by atoms with E-state index in [2.05, 4.69) is 9.78 Å². The van der Waals surface area contributed by atoms with Crippen molar-refractivity contribution in [2.75, 3.05) is 53.0 Å². The van der Waals surface area contributed by atoms with E-state index >= 15 is 0 Å². The fraction of sp³-hybridized carbons (Fsp3) is 0.900. The number of aliphatic carboxylic acids is 1. The number of carboxylic acids is 1. The van der Waals surface area contributed by atoms with Crippen molar-refractivity contribution in [3.05, 3.63) is 0 Å². The summed E-state index contributed by atoms with van der Waals surface area (Å²) in [6, 6.07) is 0. The van der Waals surface area contributed by atoms with Crippen molar-refractivity contribution in [2.24, 2.45) is 0 Å². The molecule has 9 nitrogen and oxygen atoms in total. The first kappa shape index (κ1) is 18.2. The second-order valence-corrected chi connectivity index (χ2v) is 4.21. The smallest absolute Gasteiger partial charge is 0.317 e. The zero-order chi connectivity index (χ0) is 14.7. The van der Waals surface area contributed by atoms with Gasteiger partial charge in [0, 0.05) is 26.2 Å². The zero-order valence-electron chi connectivity index (χ0n) is 10.9. The van der Waals surface area contributed by atoms with Gasteiger partial charge in [0.05, 0.1) is 25.9 Å². The van der Waals surface area contributed by atoms with Gasteiger partial charge in [0.25, 0.3) is 0 Å². The highest BCUT2D eigenvalue weighted by Gasteiger charge is 2.15. The molecule has 0 aromatic carbocycles. The van der Waals surface area contributed by atoms with Gasteiger partial charge in [-0.1, -0.05) is 0 Å². The Labute approximate surface area is 111 Å². The van der Waals surface area contributed by atoms with E-state index in [0.29, 0.717) is 13.1 Å². The number of likely N-dealkylation sites (N-methyl/N-ethyl adjacent to an activating group) is 1. The predicted octanol–water partition coefficient (Wildman–Crippen LogP) is -1.36. The molecule has 0 saturated heterocycles. The van der Waals surface area contributed by atoms with E-state index < -0.39 is 12.1 Å². The second kappa shape index (κ2) is 11.1. The van der Waals surface area contributed by atoms with Gasteiger partial charge in [0.1, 0.15) is 0 Å². The number of aliphatic hydroxyl groups is 1. The van der Waals surface area contributed by atoms with E-state index in [-0.39, 0.29) is 32.8 Å². The molecule has 0 aromatic rings. The summed E-state index contributed by atoms with van der Waals surface area (Å²) in [4.78, 5) is 21.6. The Hall–Kier alpha value is -0.810. The van der Waals surface area contributed by atoms with Crippen molar-refractivity contribution in [3.63, 3.8) is 0 Å². The molecule has 0 amide bonds. The van der Waals surface area contributed by atoms with E-state index in [1.807, 2.05) is 0 Å². The summed E-state index contributed by atoms with van der Waals surface area (Å²) in [5.74, 6) is -0.964. The molecule has 114 valence electrons. The average molecular weight is 282 g/mol. The second-order valence-electron chi connectivity index (χ2n) is 4.21. The van der Waals surface area contributed by atoms with Crippen molar-refractivity contribution >= 4 is 5.97 Å². The van der Waals surface area contributed by atoms with Crippen molar-refractivity contribution < 1.29 is 35.3 Å². The summed E-state index contributed by atoms with van der Waals surface area (Å²) in [6.45, 7) is 1.10. The summed E-state index contributed by atoms with van der Waals surface area (Å²) in [6.07, 6.45) is -0.762. The Bertz CT molecular complexity index is 234. The molecule has 0 bridgehead atoms. The van der Waals surface area contributed by atoms with Gasteiger partial charge in [0.2, 0.25) is 0 Å². The van der Waals surface area contributed by atoms with Gasteiger partial charge in [-0.15, -0.1) is 0 Å². The van der Waals surface area contributed by atoms with Crippen LogP contribution in [0.1, 0.15) is 0 Å². The topological polar surface area (TPSA) is 123 Å². The molecular weight excluding hydrogens is 260 g/mol. The predicted molar refractivity (Wildman–Crippen MR) is 64.7 cm³/mol. The van der Waals surface area contributed by atoms with Gasteiger partial charge in [0.15, 0.2) is 0 Å². The maximum Gasteiger partial charge on any atom is 0.317 e. The summed E-state index contributed by atoms with van der Waals surface area (Å²) in [5, 5.41) is 35.0. The van der Waals surface area contributed by atoms with Crippen LogP contribution in [0.2, 0.25) is 0 Å². The molecule has 0 rings (SSSR count). The highest BCUT2D eigenvalue weighted by Crippen LogP contribution is 1.96. The fourth-order valence-electron chi connectivity index (χ4n) is 1.65. The monoisotopic (exact) mass is 282 g/mol. The van der Waals surface area contributed by atoms with E-state index in [9.17, 15) is 9.90 Å². The lowest BCUT2D eigenvalue weighted by Crippen LogP contribution is -2.42. The van der Waals surface area contributed by atoms with Crippen LogP contribution < -0.4 is 0 Å². The Morgan fingerprint density at radius 2 is 1.68 bits per heavy atom. The number of rotatable bonds is 12. The molecule has 9 heteroatoms. The Kier molecular flexibility index (Phi) is 10.6. The van der Waals surface area contributed by atoms with Gasteiger partial charge in [-0.3, -0.25) is 25.1 Å². The molecule has 19 heavy (non-hydrogen) atoms. The zero-order valence-corrected chi connectivity index (χ0v) is 10.9. The molecule has 4 N–H and O–H groups in total. The minimum Gasteiger partial charge on any atom is -0.480 e. The quantitative estimate of drug-likeness (QED) is 0.254. The van der Waals surface area contributed by atoms with Crippen LogP contribution >= 0.6 is 0 Å². The van der Waals surface area contributed by atoms with Gasteiger partial charge >= 0.3 is 5.97 Å². The Morgan fingerprint density at radius 1 is 1.16 bits per heavy atom. The van der Waals surface area contributed by atoms with E-state index in [0.717, 1.165) is 0 Å². The van der Waals surface area contributed by atoms with E-state index in [1.54, 1.807) is 11.9 Å². The molecule has 0 aliphatic carbocycles. The number of aliphatic hydroxyl groups excluding tert-OH is 1. The highest BCUT2D eigenvalue weighted by atomic mass is 17.1. The van der Waals surface area contributed by atoms with Crippen LogP contribution in [-0.4, -0.2) is 95.6 Å². The lowest BCUT2D eigenvalue weighted by Gasteiger charge is -2.26. The van der Waals surface area contributed by atoms with Crippen molar-refractivity contribution in [2.45, 2.75) is 6.10 Å². The molecule has 0 heterocycles. The van der Waals surface area contributed by atoms with Gasteiger partial charge in [-0.2, -0.15) is 0 Å². The number of carbonyl (C=O) groups is 1. The van der Waals surface area contributed by atoms with Crippen LogP contribution in [0.25, 0.3) is 0 Å². The Morgan fingerprint density at radius 3 is 2.11 bits per heavy atom.